The maximum atomic E-state index is 11.7. The van der Waals surface area contributed by atoms with Crippen molar-refractivity contribution in [1.29, 1.82) is 0 Å². The number of sulfone groups is 1. The first kappa shape index (κ1) is 13.7. The number of nitrogens with one attached hydrogen (secondary N) is 1. The van der Waals surface area contributed by atoms with Crippen LogP contribution in [0.15, 0.2) is 30.1 Å². The summed E-state index contributed by atoms with van der Waals surface area (Å²) in [6.45, 7) is 1.70. The van der Waals surface area contributed by atoms with Gasteiger partial charge in [-0.15, -0.1) is 0 Å². The molecule has 1 aliphatic rings. The highest BCUT2D eigenvalue weighted by atomic mass is 32.2. The minimum Gasteiger partial charge on any atom is -0.345 e. The molecule has 1 saturated carbocycles. The summed E-state index contributed by atoms with van der Waals surface area (Å²) in [6, 6.07) is -0.386. The summed E-state index contributed by atoms with van der Waals surface area (Å²) < 4.78 is 23.3. The van der Waals surface area contributed by atoms with Gasteiger partial charge in [-0.3, -0.25) is 9.78 Å². The second kappa shape index (κ2) is 5.48. The number of carbonyl (C=O) groups excluding carboxylic acids is 1. The lowest BCUT2D eigenvalue weighted by molar-refractivity contribution is 0.0941. The lowest BCUT2D eigenvalue weighted by atomic mass is 10.3. The second-order valence-corrected chi connectivity index (χ2v) is 6.59. The smallest absolute Gasteiger partial charge is 0.271 e. The zero-order valence-electron chi connectivity index (χ0n) is 10.5. The number of amides is 1. The van der Waals surface area contributed by atoms with E-state index in [2.05, 4.69) is 15.3 Å². The van der Waals surface area contributed by atoms with Gasteiger partial charge in [-0.1, -0.05) is 6.08 Å². The van der Waals surface area contributed by atoms with E-state index in [-0.39, 0.29) is 22.9 Å². The van der Waals surface area contributed by atoms with Crippen molar-refractivity contribution in [2.45, 2.75) is 31.1 Å². The van der Waals surface area contributed by atoms with Gasteiger partial charge in [0.2, 0.25) is 0 Å². The highest BCUT2D eigenvalue weighted by molar-refractivity contribution is 7.95. The van der Waals surface area contributed by atoms with Crippen LogP contribution < -0.4 is 5.32 Å². The van der Waals surface area contributed by atoms with Gasteiger partial charge < -0.3 is 5.32 Å². The number of hydrogen-bond donors (Lipinski definition) is 1. The number of hydrogen-bond acceptors (Lipinski definition) is 5. The first-order valence-corrected chi connectivity index (χ1v) is 7.59. The first-order valence-electron chi connectivity index (χ1n) is 5.98. The molecule has 1 N–H and O–H groups in total. The lowest BCUT2D eigenvalue weighted by Crippen LogP contribution is -2.31. The molecule has 1 amide bonds. The lowest BCUT2D eigenvalue weighted by Gasteiger charge is -2.08. The highest BCUT2D eigenvalue weighted by Crippen LogP contribution is 2.29. The van der Waals surface area contributed by atoms with Crippen molar-refractivity contribution in [3.8, 4) is 0 Å². The summed E-state index contributed by atoms with van der Waals surface area (Å²) in [6.07, 6.45) is 7.18. The van der Waals surface area contributed by atoms with Crippen LogP contribution in [-0.2, 0) is 9.84 Å². The van der Waals surface area contributed by atoms with E-state index < -0.39 is 9.84 Å². The van der Waals surface area contributed by atoms with Gasteiger partial charge in [-0.25, -0.2) is 13.4 Å². The zero-order chi connectivity index (χ0) is 13.9. The third-order valence-corrected chi connectivity index (χ3v) is 4.64. The standard InChI is InChI=1S/C12H15N3O3S/c1-9(4-7-19(17,18)10-2-3-10)15-12(16)11-8-13-5-6-14-11/h4-10H,2-3H2,1H3,(H,15,16)/b7-4+/t9-/m1/s1. The minimum atomic E-state index is -3.14. The van der Waals surface area contributed by atoms with Crippen LogP contribution in [0, 0.1) is 0 Å². The summed E-state index contributed by atoms with van der Waals surface area (Å²) in [5, 5.41) is 3.59. The van der Waals surface area contributed by atoms with Gasteiger partial charge in [-0.05, 0) is 19.8 Å². The predicted octanol–water partition coefficient (Wildman–Crippen LogP) is 0.686. The molecule has 0 radical (unpaired) electrons. The van der Waals surface area contributed by atoms with Crippen LogP contribution in [0.5, 0.6) is 0 Å². The topological polar surface area (TPSA) is 89.0 Å². The zero-order valence-corrected chi connectivity index (χ0v) is 11.3. The van der Waals surface area contributed by atoms with Crippen LogP contribution in [0.3, 0.4) is 0 Å². The minimum absolute atomic E-state index is 0.202. The Morgan fingerprint density at radius 3 is 2.79 bits per heavy atom. The molecular weight excluding hydrogens is 266 g/mol. The molecule has 1 aliphatic carbocycles. The van der Waals surface area contributed by atoms with Crippen LogP contribution in [0.2, 0.25) is 0 Å². The summed E-state index contributed by atoms with van der Waals surface area (Å²) >= 11 is 0. The van der Waals surface area contributed by atoms with Crippen molar-refractivity contribution in [1.82, 2.24) is 15.3 Å². The van der Waals surface area contributed by atoms with E-state index in [0.717, 1.165) is 12.8 Å². The molecule has 0 bridgehead atoms. The van der Waals surface area contributed by atoms with E-state index in [0.29, 0.717) is 0 Å². The monoisotopic (exact) mass is 281 g/mol. The average Bonchev–Trinajstić information content (AvgIpc) is 3.22. The fourth-order valence-corrected chi connectivity index (χ4v) is 2.95. The Hall–Kier alpha value is -1.76. The molecule has 0 unspecified atom stereocenters. The van der Waals surface area contributed by atoms with Crippen LogP contribution in [0.25, 0.3) is 0 Å². The largest absolute Gasteiger partial charge is 0.345 e. The van der Waals surface area contributed by atoms with E-state index >= 15 is 0 Å². The number of aromatic nitrogens is 2. The van der Waals surface area contributed by atoms with Crippen molar-refractivity contribution in [2.24, 2.45) is 0 Å². The van der Waals surface area contributed by atoms with Crippen molar-refractivity contribution >= 4 is 15.7 Å². The van der Waals surface area contributed by atoms with Gasteiger partial charge in [0, 0.05) is 23.8 Å². The molecule has 0 aromatic carbocycles. The van der Waals surface area contributed by atoms with Crippen LogP contribution in [0.4, 0.5) is 0 Å². The van der Waals surface area contributed by atoms with Crippen molar-refractivity contribution < 1.29 is 13.2 Å². The van der Waals surface area contributed by atoms with Gasteiger partial charge in [0.1, 0.15) is 5.69 Å². The molecule has 1 atom stereocenters. The molecular formula is C12H15N3O3S. The third-order valence-electron chi connectivity index (χ3n) is 2.70. The quantitative estimate of drug-likeness (QED) is 0.857. The van der Waals surface area contributed by atoms with Crippen LogP contribution in [0.1, 0.15) is 30.3 Å². The van der Waals surface area contributed by atoms with E-state index in [9.17, 15) is 13.2 Å². The fourth-order valence-electron chi connectivity index (χ4n) is 1.48. The van der Waals surface area contributed by atoms with Crippen LogP contribution >= 0.6 is 0 Å². The van der Waals surface area contributed by atoms with Crippen molar-refractivity contribution in [3.63, 3.8) is 0 Å². The molecule has 1 aromatic heterocycles. The van der Waals surface area contributed by atoms with Gasteiger partial charge >= 0.3 is 0 Å². The van der Waals surface area contributed by atoms with Gasteiger partial charge in [0.25, 0.3) is 5.91 Å². The molecule has 6 nitrogen and oxygen atoms in total. The van der Waals surface area contributed by atoms with Gasteiger partial charge in [-0.2, -0.15) is 0 Å². The summed E-state index contributed by atoms with van der Waals surface area (Å²) in [7, 11) is -3.14. The Bertz CT molecular complexity index is 579. The Morgan fingerprint density at radius 2 is 2.21 bits per heavy atom. The number of carbonyl (C=O) groups is 1. The van der Waals surface area contributed by atoms with Gasteiger partial charge in [0.15, 0.2) is 9.84 Å². The van der Waals surface area contributed by atoms with Gasteiger partial charge in [0.05, 0.1) is 11.4 Å². The normalized spacial score (nSPS) is 17.3. The molecule has 1 heterocycles. The number of rotatable bonds is 5. The van der Waals surface area contributed by atoms with Crippen molar-refractivity contribution in [2.75, 3.05) is 0 Å². The molecule has 19 heavy (non-hydrogen) atoms. The number of nitrogens with zero attached hydrogens (tertiary/aromatic N) is 2. The Labute approximate surface area is 111 Å². The van der Waals surface area contributed by atoms with Crippen LogP contribution in [-0.4, -0.2) is 35.6 Å². The molecule has 0 spiro atoms. The van der Waals surface area contributed by atoms with E-state index in [1.54, 1.807) is 6.92 Å². The molecule has 1 fully saturated rings. The molecule has 0 aliphatic heterocycles. The van der Waals surface area contributed by atoms with Crippen molar-refractivity contribution in [3.05, 3.63) is 35.8 Å². The highest BCUT2D eigenvalue weighted by Gasteiger charge is 2.33. The summed E-state index contributed by atoms with van der Waals surface area (Å²) in [5.41, 5.74) is 0.202. The maximum Gasteiger partial charge on any atom is 0.271 e. The molecule has 2 rings (SSSR count). The molecule has 7 heteroatoms. The SMILES string of the molecule is C[C@H](/C=C/S(=O)(=O)C1CC1)NC(=O)c1cnccn1. The second-order valence-electron chi connectivity index (χ2n) is 4.47. The van der Waals surface area contributed by atoms with E-state index in [4.69, 9.17) is 0 Å². The molecule has 0 saturated heterocycles. The van der Waals surface area contributed by atoms with E-state index in [1.165, 1.54) is 30.1 Å². The molecule has 1 aromatic rings. The van der Waals surface area contributed by atoms with E-state index in [1.807, 2.05) is 0 Å². The average molecular weight is 281 g/mol. The fraction of sp³-hybridized carbons (Fsp3) is 0.417. The first-order chi connectivity index (χ1) is 8.99. The Morgan fingerprint density at radius 1 is 1.47 bits per heavy atom. The Balaban J connectivity index is 1.93. The maximum absolute atomic E-state index is 11.7. The Kier molecular flexibility index (Phi) is 3.94. The summed E-state index contributed by atoms with van der Waals surface area (Å²) in [4.78, 5) is 19.4. The predicted molar refractivity (Wildman–Crippen MR) is 70.0 cm³/mol. The third kappa shape index (κ3) is 3.85. The summed E-state index contributed by atoms with van der Waals surface area (Å²) in [5.74, 6) is -0.380. The molecule has 102 valence electrons.